The highest BCUT2D eigenvalue weighted by molar-refractivity contribution is 5.96. The molecule has 4 nitrogen and oxygen atoms in total. The predicted molar refractivity (Wildman–Crippen MR) is 77.3 cm³/mol. The second-order valence-corrected chi connectivity index (χ2v) is 4.51. The molecule has 0 unspecified atom stereocenters. The minimum absolute atomic E-state index is 0.0481. The fourth-order valence-electron chi connectivity index (χ4n) is 2.32. The Morgan fingerprint density at radius 2 is 1.90 bits per heavy atom. The van der Waals surface area contributed by atoms with Crippen molar-refractivity contribution in [1.82, 2.24) is 9.97 Å². The summed E-state index contributed by atoms with van der Waals surface area (Å²) in [5.41, 5.74) is 0.884. The van der Waals surface area contributed by atoms with Crippen LogP contribution in [0.1, 0.15) is 11.4 Å². The van der Waals surface area contributed by atoms with E-state index in [1.165, 1.54) is 0 Å². The molecular formula is C16H11N3O. The third-order valence-electron chi connectivity index (χ3n) is 3.19. The summed E-state index contributed by atoms with van der Waals surface area (Å²) in [4.78, 5) is 18.8. The Morgan fingerprint density at radius 1 is 1.15 bits per heavy atom. The van der Waals surface area contributed by atoms with Gasteiger partial charge in [-0.2, -0.15) is 5.26 Å². The molecule has 0 aliphatic carbocycles. The molecule has 20 heavy (non-hydrogen) atoms. The standard InChI is InChI=1S/C16H11N3O/c1-10-18-15(14(9-17)16(20)19-10)13-8-4-6-11-5-2-3-7-12(11)13/h2-8H,1H3,(H,18,19,20). The highest BCUT2D eigenvalue weighted by Crippen LogP contribution is 2.28. The van der Waals surface area contributed by atoms with Gasteiger partial charge in [-0.15, -0.1) is 0 Å². The topological polar surface area (TPSA) is 69.5 Å². The van der Waals surface area contributed by atoms with Crippen LogP contribution in [0, 0.1) is 18.3 Å². The maximum Gasteiger partial charge on any atom is 0.269 e. The Kier molecular flexibility index (Phi) is 2.81. The molecule has 4 heteroatoms. The molecule has 96 valence electrons. The van der Waals surface area contributed by atoms with Gasteiger partial charge < -0.3 is 4.98 Å². The Balaban J connectivity index is 2.43. The van der Waals surface area contributed by atoms with Crippen molar-refractivity contribution in [2.75, 3.05) is 0 Å². The zero-order chi connectivity index (χ0) is 14.1. The van der Waals surface area contributed by atoms with Crippen molar-refractivity contribution in [3.8, 4) is 17.3 Å². The Labute approximate surface area is 115 Å². The van der Waals surface area contributed by atoms with Gasteiger partial charge >= 0.3 is 0 Å². The van der Waals surface area contributed by atoms with E-state index in [-0.39, 0.29) is 5.56 Å². The number of nitriles is 1. The molecule has 3 aromatic rings. The van der Waals surface area contributed by atoms with E-state index >= 15 is 0 Å². The lowest BCUT2D eigenvalue weighted by atomic mass is 10.00. The first-order valence-corrected chi connectivity index (χ1v) is 6.20. The molecule has 0 fully saturated rings. The number of fused-ring (bicyclic) bond motifs is 1. The minimum Gasteiger partial charge on any atom is -0.310 e. The number of aryl methyl sites for hydroxylation is 1. The maximum atomic E-state index is 11.9. The lowest BCUT2D eigenvalue weighted by Crippen LogP contribution is -2.15. The van der Waals surface area contributed by atoms with Crippen LogP contribution in [-0.4, -0.2) is 9.97 Å². The molecule has 0 atom stereocenters. The van der Waals surface area contributed by atoms with Gasteiger partial charge in [-0.25, -0.2) is 4.98 Å². The van der Waals surface area contributed by atoms with Crippen LogP contribution >= 0.6 is 0 Å². The molecule has 0 aliphatic heterocycles. The van der Waals surface area contributed by atoms with Crippen LogP contribution in [0.15, 0.2) is 47.3 Å². The summed E-state index contributed by atoms with van der Waals surface area (Å²) in [7, 11) is 0. The second kappa shape index (κ2) is 4.63. The first kappa shape index (κ1) is 12.1. The number of H-pyrrole nitrogens is 1. The second-order valence-electron chi connectivity index (χ2n) is 4.51. The molecule has 0 bridgehead atoms. The van der Waals surface area contributed by atoms with Crippen LogP contribution in [0.5, 0.6) is 0 Å². The molecule has 0 spiro atoms. The van der Waals surface area contributed by atoms with Gasteiger partial charge in [-0.05, 0) is 17.7 Å². The Morgan fingerprint density at radius 3 is 2.70 bits per heavy atom. The smallest absolute Gasteiger partial charge is 0.269 e. The third-order valence-corrected chi connectivity index (χ3v) is 3.19. The highest BCUT2D eigenvalue weighted by atomic mass is 16.1. The van der Waals surface area contributed by atoms with Gasteiger partial charge in [0.05, 0.1) is 5.69 Å². The van der Waals surface area contributed by atoms with E-state index in [1.807, 2.05) is 48.5 Å². The number of nitrogens with one attached hydrogen (secondary N) is 1. The van der Waals surface area contributed by atoms with Crippen molar-refractivity contribution in [1.29, 1.82) is 5.26 Å². The van der Waals surface area contributed by atoms with E-state index in [4.69, 9.17) is 0 Å². The summed E-state index contributed by atoms with van der Waals surface area (Å²) in [6.07, 6.45) is 0. The molecule has 0 saturated heterocycles. The average Bonchev–Trinajstić information content (AvgIpc) is 2.46. The number of nitrogens with zero attached hydrogens (tertiary/aromatic N) is 2. The maximum absolute atomic E-state index is 11.9. The number of aromatic nitrogens is 2. The molecular weight excluding hydrogens is 250 g/mol. The quantitative estimate of drug-likeness (QED) is 0.732. The zero-order valence-corrected chi connectivity index (χ0v) is 10.8. The van der Waals surface area contributed by atoms with Gasteiger partial charge in [-0.3, -0.25) is 4.79 Å². The molecule has 0 aliphatic rings. The summed E-state index contributed by atoms with van der Waals surface area (Å²) in [6.45, 7) is 1.71. The van der Waals surface area contributed by atoms with E-state index in [2.05, 4.69) is 9.97 Å². The van der Waals surface area contributed by atoms with Gasteiger partial charge in [0.1, 0.15) is 17.5 Å². The van der Waals surface area contributed by atoms with Crippen molar-refractivity contribution in [2.45, 2.75) is 6.92 Å². The van der Waals surface area contributed by atoms with Crippen LogP contribution in [-0.2, 0) is 0 Å². The minimum atomic E-state index is -0.400. The number of rotatable bonds is 1. The fraction of sp³-hybridized carbons (Fsp3) is 0.0625. The lowest BCUT2D eigenvalue weighted by molar-refractivity contribution is 1.01. The van der Waals surface area contributed by atoms with E-state index in [0.29, 0.717) is 11.5 Å². The van der Waals surface area contributed by atoms with Gasteiger partial charge in [0.15, 0.2) is 0 Å². The largest absolute Gasteiger partial charge is 0.310 e. The summed E-state index contributed by atoms with van der Waals surface area (Å²) >= 11 is 0. The van der Waals surface area contributed by atoms with Gasteiger partial charge in [-0.1, -0.05) is 42.5 Å². The number of aromatic amines is 1. The lowest BCUT2D eigenvalue weighted by Gasteiger charge is -2.08. The molecule has 1 N–H and O–H groups in total. The van der Waals surface area contributed by atoms with Crippen LogP contribution in [0.25, 0.3) is 22.0 Å². The zero-order valence-electron chi connectivity index (χ0n) is 10.8. The molecule has 0 saturated carbocycles. The first-order chi connectivity index (χ1) is 9.70. The van der Waals surface area contributed by atoms with Crippen LogP contribution in [0.4, 0.5) is 0 Å². The summed E-state index contributed by atoms with van der Waals surface area (Å²) in [5, 5.41) is 11.2. The fourth-order valence-corrected chi connectivity index (χ4v) is 2.32. The Bertz CT molecular complexity index is 898. The summed E-state index contributed by atoms with van der Waals surface area (Å²) in [6, 6.07) is 15.6. The van der Waals surface area contributed by atoms with Gasteiger partial charge in [0, 0.05) is 5.56 Å². The van der Waals surface area contributed by atoms with Crippen LogP contribution in [0.3, 0.4) is 0 Å². The monoisotopic (exact) mass is 261 g/mol. The summed E-state index contributed by atoms with van der Waals surface area (Å²) < 4.78 is 0. The molecule has 3 rings (SSSR count). The van der Waals surface area contributed by atoms with Crippen molar-refractivity contribution in [2.24, 2.45) is 0 Å². The van der Waals surface area contributed by atoms with Crippen molar-refractivity contribution >= 4 is 10.8 Å². The highest BCUT2D eigenvalue weighted by Gasteiger charge is 2.13. The molecule has 1 aromatic heterocycles. The third kappa shape index (κ3) is 1.86. The van der Waals surface area contributed by atoms with Crippen molar-refractivity contribution in [3.63, 3.8) is 0 Å². The summed E-state index contributed by atoms with van der Waals surface area (Å²) in [5.74, 6) is 0.497. The van der Waals surface area contributed by atoms with Crippen LogP contribution in [0.2, 0.25) is 0 Å². The first-order valence-electron chi connectivity index (χ1n) is 6.20. The van der Waals surface area contributed by atoms with Crippen molar-refractivity contribution < 1.29 is 0 Å². The van der Waals surface area contributed by atoms with Gasteiger partial charge in [0.25, 0.3) is 5.56 Å². The van der Waals surface area contributed by atoms with E-state index in [9.17, 15) is 10.1 Å². The van der Waals surface area contributed by atoms with E-state index in [1.54, 1.807) is 6.92 Å². The molecule has 0 radical (unpaired) electrons. The van der Waals surface area contributed by atoms with E-state index < -0.39 is 5.56 Å². The van der Waals surface area contributed by atoms with Crippen LogP contribution < -0.4 is 5.56 Å². The average molecular weight is 261 g/mol. The van der Waals surface area contributed by atoms with Crippen molar-refractivity contribution in [3.05, 3.63) is 64.2 Å². The Hall–Kier alpha value is -2.93. The number of hydrogen-bond acceptors (Lipinski definition) is 3. The predicted octanol–water partition coefficient (Wildman–Crippen LogP) is 2.77. The SMILES string of the molecule is Cc1nc(-c2cccc3ccccc23)c(C#N)c(=O)[nH]1. The van der Waals surface area contributed by atoms with E-state index in [0.717, 1.165) is 16.3 Å². The molecule has 0 amide bonds. The number of hydrogen-bond donors (Lipinski definition) is 1. The molecule has 2 aromatic carbocycles. The number of benzene rings is 2. The normalized spacial score (nSPS) is 10.4. The molecule has 1 heterocycles. The van der Waals surface area contributed by atoms with Gasteiger partial charge in [0.2, 0.25) is 0 Å².